The molecule has 0 radical (unpaired) electrons. The number of hydrogen-bond acceptors (Lipinski definition) is 4. The first-order chi connectivity index (χ1) is 8.58. The van der Waals surface area contributed by atoms with Gasteiger partial charge in [0.1, 0.15) is 10.8 Å². The van der Waals surface area contributed by atoms with E-state index in [0.29, 0.717) is 11.0 Å². The fourth-order valence-corrected chi connectivity index (χ4v) is 2.05. The lowest BCUT2D eigenvalue weighted by atomic mass is 10.2. The van der Waals surface area contributed by atoms with Crippen molar-refractivity contribution in [1.29, 1.82) is 0 Å². The van der Waals surface area contributed by atoms with Gasteiger partial charge in [0.2, 0.25) is 0 Å². The molecule has 98 valence electrons. The van der Waals surface area contributed by atoms with Crippen molar-refractivity contribution < 1.29 is 0 Å². The van der Waals surface area contributed by atoms with E-state index in [9.17, 15) is 0 Å². The molecule has 1 aliphatic carbocycles. The van der Waals surface area contributed by atoms with Crippen LogP contribution in [0.25, 0.3) is 0 Å². The summed E-state index contributed by atoms with van der Waals surface area (Å²) >= 11 is 4.96. The van der Waals surface area contributed by atoms with E-state index in [0.717, 1.165) is 24.0 Å². The minimum atomic E-state index is 0.406. The van der Waals surface area contributed by atoms with Crippen molar-refractivity contribution in [2.75, 3.05) is 18.9 Å². The van der Waals surface area contributed by atoms with Crippen LogP contribution in [0.3, 0.4) is 0 Å². The topological polar surface area (TPSA) is 54.2 Å². The van der Waals surface area contributed by atoms with Gasteiger partial charge < -0.3 is 11.1 Å². The summed E-state index contributed by atoms with van der Waals surface area (Å²) < 4.78 is 0. The standard InChI is InChI=1S/C13H20N4S/c1-9(17(2)11-3-4-11)8-16-12-7-10(13(14)18)5-6-15-12/h5-7,9,11H,3-4,8H2,1-2H3,(H2,14,18)(H,15,16). The van der Waals surface area contributed by atoms with E-state index >= 15 is 0 Å². The summed E-state index contributed by atoms with van der Waals surface area (Å²) in [7, 11) is 2.18. The molecular weight excluding hydrogens is 244 g/mol. The van der Waals surface area contributed by atoms with E-state index < -0.39 is 0 Å². The van der Waals surface area contributed by atoms with Crippen LogP contribution < -0.4 is 11.1 Å². The Balaban J connectivity index is 1.89. The molecule has 1 saturated carbocycles. The molecule has 0 bridgehead atoms. The molecule has 5 heteroatoms. The molecule has 0 aliphatic heterocycles. The normalized spacial score (nSPS) is 16.6. The highest BCUT2D eigenvalue weighted by Gasteiger charge is 2.28. The molecule has 1 heterocycles. The van der Waals surface area contributed by atoms with Gasteiger partial charge in [0.05, 0.1) is 0 Å². The SMILES string of the molecule is CC(CNc1cc(C(N)=S)ccn1)N(C)C1CC1. The molecule has 0 aromatic carbocycles. The predicted octanol–water partition coefficient (Wildman–Crippen LogP) is 1.61. The molecule has 4 nitrogen and oxygen atoms in total. The zero-order valence-electron chi connectivity index (χ0n) is 10.9. The van der Waals surface area contributed by atoms with E-state index in [1.165, 1.54) is 12.8 Å². The summed E-state index contributed by atoms with van der Waals surface area (Å²) in [4.78, 5) is 7.10. The van der Waals surface area contributed by atoms with E-state index in [-0.39, 0.29) is 0 Å². The third kappa shape index (κ3) is 3.40. The molecule has 18 heavy (non-hydrogen) atoms. The lowest BCUT2D eigenvalue weighted by Crippen LogP contribution is -2.36. The number of nitrogens with two attached hydrogens (primary N) is 1. The maximum atomic E-state index is 5.60. The predicted molar refractivity (Wildman–Crippen MR) is 78.9 cm³/mol. The van der Waals surface area contributed by atoms with E-state index in [2.05, 4.69) is 29.2 Å². The van der Waals surface area contributed by atoms with E-state index in [4.69, 9.17) is 18.0 Å². The largest absolute Gasteiger partial charge is 0.389 e. The third-order valence-electron chi connectivity index (χ3n) is 3.44. The monoisotopic (exact) mass is 264 g/mol. The van der Waals surface area contributed by atoms with Crippen LogP contribution in [0.4, 0.5) is 5.82 Å². The Bertz CT molecular complexity index is 431. The Labute approximate surface area is 114 Å². The lowest BCUT2D eigenvalue weighted by molar-refractivity contribution is 0.257. The van der Waals surface area contributed by atoms with E-state index in [1.54, 1.807) is 6.20 Å². The number of hydrogen-bond donors (Lipinski definition) is 2. The minimum absolute atomic E-state index is 0.406. The van der Waals surface area contributed by atoms with Crippen LogP contribution in [0.5, 0.6) is 0 Å². The van der Waals surface area contributed by atoms with Gasteiger partial charge in [-0.3, -0.25) is 4.90 Å². The second-order valence-corrected chi connectivity index (χ2v) is 5.36. The Hall–Kier alpha value is -1.20. The first kappa shape index (κ1) is 13.2. The van der Waals surface area contributed by atoms with Gasteiger partial charge in [-0.2, -0.15) is 0 Å². The Kier molecular flexibility index (Phi) is 4.14. The van der Waals surface area contributed by atoms with Crippen molar-refractivity contribution in [2.24, 2.45) is 5.73 Å². The van der Waals surface area contributed by atoms with Gasteiger partial charge in [0.25, 0.3) is 0 Å². The molecule has 0 spiro atoms. The third-order valence-corrected chi connectivity index (χ3v) is 3.68. The molecule has 1 aromatic rings. The number of aromatic nitrogens is 1. The first-order valence-electron chi connectivity index (χ1n) is 6.29. The zero-order valence-corrected chi connectivity index (χ0v) is 11.7. The molecule has 0 amide bonds. The number of anilines is 1. The van der Waals surface area contributed by atoms with Crippen LogP contribution in [0.15, 0.2) is 18.3 Å². The van der Waals surface area contributed by atoms with Gasteiger partial charge in [-0.05, 0) is 38.9 Å². The van der Waals surface area contributed by atoms with Crippen molar-refractivity contribution >= 4 is 23.0 Å². The number of pyridine rings is 1. The molecule has 0 saturated heterocycles. The highest BCUT2D eigenvalue weighted by atomic mass is 32.1. The number of nitrogens with one attached hydrogen (secondary N) is 1. The van der Waals surface area contributed by atoms with Gasteiger partial charge in [-0.15, -0.1) is 0 Å². The highest BCUT2D eigenvalue weighted by Crippen LogP contribution is 2.26. The van der Waals surface area contributed by atoms with Crippen molar-refractivity contribution in [3.8, 4) is 0 Å². The summed E-state index contributed by atoms with van der Waals surface area (Å²) in [5, 5.41) is 3.34. The molecule has 1 aliphatic rings. The molecule has 1 fully saturated rings. The Morgan fingerprint density at radius 2 is 2.39 bits per heavy atom. The molecule has 3 N–H and O–H groups in total. The fourth-order valence-electron chi connectivity index (χ4n) is 1.92. The first-order valence-corrected chi connectivity index (χ1v) is 6.70. The van der Waals surface area contributed by atoms with Crippen molar-refractivity contribution in [3.05, 3.63) is 23.9 Å². The van der Waals surface area contributed by atoms with Gasteiger partial charge in [0, 0.05) is 30.4 Å². The van der Waals surface area contributed by atoms with Crippen LogP contribution in [0.2, 0.25) is 0 Å². The van der Waals surface area contributed by atoms with E-state index in [1.807, 2.05) is 12.1 Å². The second-order valence-electron chi connectivity index (χ2n) is 4.92. The van der Waals surface area contributed by atoms with Gasteiger partial charge in [-0.25, -0.2) is 4.98 Å². The van der Waals surface area contributed by atoms with Crippen LogP contribution in [0.1, 0.15) is 25.3 Å². The fraction of sp³-hybridized carbons (Fsp3) is 0.538. The number of thiocarbonyl (C=S) groups is 1. The minimum Gasteiger partial charge on any atom is -0.389 e. The van der Waals surface area contributed by atoms with Gasteiger partial charge in [0.15, 0.2) is 0 Å². The average molecular weight is 264 g/mol. The maximum absolute atomic E-state index is 5.60. The molecular formula is C13H20N4S. The molecule has 1 aromatic heterocycles. The molecule has 1 atom stereocenters. The van der Waals surface area contributed by atoms with Crippen molar-refractivity contribution in [2.45, 2.75) is 31.8 Å². The van der Waals surface area contributed by atoms with Crippen LogP contribution >= 0.6 is 12.2 Å². The van der Waals surface area contributed by atoms with Crippen molar-refractivity contribution in [3.63, 3.8) is 0 Å². The Morgan fingerprint density at radius 3 is 3.00 bits per heavy atom. The van der Waals surface area contributed by atoms with Crippen LogP contribution in [-0.4, -0.2) is 40.5 Å². The summed E-state index contributed by atoms with van der Waals surface area (Å²) in [5.74, 6) is 0.830. The maximum Gasteiger partial charge on any atom is 0.126 e. The van der Waals surface area contributed by atoms with Crippen LogP contribution in [-0.2, 0) is 0 Å². The van der Waals surface area contributed by atoms with Crippen molar-refractivity contribution in [1.82, 2.24) is 9.88 Å². The number of rotatable bonds is 6. The Morgan fingerprint density at radius 1 is 1.67 bits per heavy atom. The smallest absolute Gasteiger partial charge is 0.126 e. The average Bonchev–Trinajstić information content (AvgIpc) is 3.19. The highest BCUT2D eigenvalue weighted by molar-refractivity contribution is 7.80. The van der Waals surface area contributed by atoms with Crippen LogP contribution in [0, 0.1) is 0 Å². The summed E-state index contributed by atoms with van der Waals surface area (Å²) in [6.45, 7) is 3.10. The van der Waals surface area contributed by atoms with Gasteiger partial charge in [-0.1, -0.05) is 12.2 Å². The lowest BCUT2D eigenvalue weighted by Gasteiger charge is -2.24. The summed E-state index contributed by atoms with van der Waals surface area (Å²) in [6, 6.07) is 4.99. The second kappa shape index (κ2) is 5.63. The molecule has 2 rings (SSSR count). The quantitative estimate of drug-likeness (QED) is 0.765. The molecule has 1 unspecified atom stereocenters. The number of nitrogens with zero attached hydrogens (tertiary/aromatic N) is 2. The zero-order chi connectivity index (χ0) is 13.1. The summed E-state index contributed by atoms with van der Waals surface area (Å²) in [6.07, 6.45) is 4.39. The van der Waals surface area contributed by atoms with Gasteiger partial charge >= 0.3 is 0 Å². The number of likely N-dealkylation sites (N-methyl/N-ethyl adjacent to an activating group) is 1. The summed E-state index contributed by atoms with van der Waals surface area (Å²) in [5.41, 5.74) is 6.45.